The van der Waals surface area contributed by atoms with Crippen LogP contribution in [0, 0.1) is 5.82 Å². The lowest BCUT2D eigenvalue weighted by atomic mass is 9.93. The fourth-order valence-corrected chi connectivity index (χ4v) is 2.58. The number of halogens is 1. The number of nitrogens with zero attached hydrogens (tertiary/aromatic N) is 1. The van der Waals surface area contributed by atoms with Crippen LogP contribution in [-0.4, -0.2) is 4.98 Å². The summed E-state index contributed by atoms with van der Waals surface area (Å²) in [5.74, 6) is -0.302. The van der Waals surface area contributed by atoms with Crippen molar-refractivity contribution in [3.8, 4) is 0 Å². The molecule has 0 bridgehead atoms. The predicted octanol–water partition coefficient (Wildman–Crippen LogP) is 2.96. The van der Waals surface area contributed by atoms with Crippen LogP contribution in [0.4, 0.5) is 10.1 Å². The Kier molecular flexibility index (Phi) is 3.95. The highest BCUT2D eigenvalue weighted by atomic mass is 19.1. The van der Waals surface area contributed by atoms with Crippen molar-refractivity contribution in [1.82, 2.24) is 4.98 Å². The van der Waals surface area contributed by atoms with Gasteiger partial charge in [-0.15, -0.1) is 0 Å². The molecule has 0 saturated carbocycles. The van der Waals surface area contributed by atoms with Crippen LogP contribution in [0.1, 0.15) is 17.2 Å². The minimum absolute atomic E-state index is 0.302. The topological polar surface area (TPSA) is 90.9 Å². The number of hydrogen-bond acceptors (Lipinski definition) is 4. The second kappa shape index (κ2) is 6.06. The van der Waals surface area contributed by atoms with E-state index < -0.39 is 6.04 Å². The lowest BCUT2D eigenvalue weighted by Crippen LogP contribution is -2.14. The average Bonchev–Trinajstić information content (AvgIpc) is 2.57. The van der Waals surface area contributed by atoms with Crippen LogP contribution >= 0.6 is 0 Å². The summed E-state index contributed by atoms with van der Waals surface area (Å²) in [6.45, 7) is 0. The number of pyridine rings is 1. The van der Waals surface area contributed by atoms with E-state index in [2.05, 4.69) is 4.98 Å². The zero-order valence-corrected chi connectivity index (χ0v) is 12.4. The van der Waals surface area contributed by atoms with Crippen LogP contribution in [0.25, 0.3) is 16.5 Å². The van der Waals surface area contributed by atoms with Gasteiger partial charge in [0.1, 0.15) is 5.82 Å². The van der Waals surface area contributed by atoms with Gasteiger partial charge < -0.3 is 17.2 Å². The molecule has 2 aromatic carbocycles. The summed E-state index contributed by atoms with van der Waals surface area (Å²) in [5.41, 5.74) is 21.9. The first-order valence-electron chi connectivity index (χ1n) is 7.17. The summed E-state index contributed by atoms with van der Waals surface area (Å²) in [6.07, 6.45) is 3.14. The smallest absolute Gasteiger partial charge is 0.123 e. The first-order valence-corrected chi connectivity index (χ1v) is 7.17. The summed E-state index contributed by atoms with van der Waals surface area (Å²) in [4.78, 5) is 4.28. The van der Waals surface area contributed by atoms with Crippen LogP contribution in [0.3, 0.4) is 0 Å². The van der Waals surface area contributed by atoms with Gasteiger partial charge in [0.15, 0.2) is 0 Å². The molecule has 1 heterocycles. The second-order valence-corrected chi connectivity index (χ2v) is 5.28. The second-order valence-electron chi connectivity index (χ2n) is 5.28. The van der Waals surface area contributed by atoms with Crippen molar-refractivity contribution in [2.24, 2.45) is 11.5 Å². The van der Waals surface area contributed by atoms with Gasteiger partial charge >= 0.3 is 0 Å². The zero-order chi connectivity index (χ0) is 16.4. The lowest BCUT2D eigenvalue weighted by Gasteiger charge is -2.17. The first kappa shape index (κ1) is 15.0. The summed E-state index contributed by atoms with van der Waals surface area (Å²) < 4.78 is 13.1. The molecule has 0 aliphatic carbocycles. The Bertz CT molecular complexity index is 872. The molecule has 0 spiro atoms. The van der Waals surface area contributed by atoms with Gasteiger partial charge in [-0.2, -0.15) is 0 Å². The molecule has 0 radical (unpaired) electrons. The van der Waals surface area contributed by atoms with E-state index in [1.807, 2.05) is 18.2 Å². The Balaban J connectivity index is 2.04. The molecule has 6 N–H and O–H groups in total. The van der Waals surface area contributed by atoms with Crippen molar-refractivity contribution in [3.63, 3.8) is 0 Å². The third-order valence-corrected chi connectivity index (χ3v) is 3.85. The molecule has 0 aliphatic heterocycles. The highest BCUT2D eigenvalue weighted by Gasteiger charge is 2.15. The minimum Gasteiger partial charge on any atom is -0.404 e. The van der Waals surface area contributed by atoms with Crippen molar-refractivity contribution in [2.45, 2.75) is 6.04 Å². The lowest BCUT2D eigenvalue weighted by molar-refractivity contribution is 0.626. The van der Waals surface area contributed by atoms with Crippen LogP contribution in [0.15, 0.2) is 60.9 Å². The first-order chi connectivity index (χ1) is 11.1. The van der Waals surface area contributed by atoms with E-state index in [-0.39, 0.29) is 5.82 Å². The van der Waals surface area contributed by atoms with E-state index in [1.54, 1.807) is 24.4 Å². The SMILES string of the molecule is N/C=C(/c1ccc2nccc(N)c2c1)C(N)c1ccc(F)cc1. The molecule has 1 unspecified atom stereocenters. The molecule has 0 amide bonds. The highest BCUT2D eigenvalue weighted by Crippen LogP contribution is 2.30. The summed E-state index contributed by atoms with van der Waals surface area (Å²) in [6, 6.07) is 13.0. The molecule has 3 rings (SSSR count). The normalized spacial score (nSPS) is 13.2. The molecule has 23 heavy (non-hydrogen) atoms. The molecule has 3 aromatic rings. The van der Waals surface area contributed by atoms with Gasteiger partial charge in [-0.3, -0.25) is 4.98 Å². The maximum absolute atomic E-state index is 13.1. The quantitative estimate of drug-likeness (QED) is 0.693. The van der Waals surface area contributed by atoms with Crippen molar-refractivity contribution in [1.29, 1.82) is 0 Å². The average molecular weight is 308 g/mol. The van der Waals surface area contributed by atoms with E-state index in [0.29, 0.717) is 5.69 Å². The summed E-state index contributed by atoms with van der Waals surface area (Å²) in [5, 5.41) is 0.843. The number of nitrogens with two attached hydrogens (primary N) is 3. The van der Waals surface area contributed by atoms with Gasteiger partial charge in [-0.25, -0.2) is 4.39 Å². The van der Waals surface area contributed by atoms with Crippen molar-refractivity contribution >= 4 is 22.2 Å². The van der Waals surface area contributed by atoms with E-state index >= 15 is 0 Å². The molecule has 1 aromatic heterocycles. The van der Waals surface area contributed by atoms with Crippen molar-refractivity contribution in [2.75, 3.05) is 5.73 Å². The van der Waals surface area contributed by atoms with Crippen molar-refractivity contribution in [3.05, 3.63) is 77.9 Å². The molecule has 5 heteroatoms. The van der Waals surface area contributed by atoms with Gasteiger partial charge in [-0.05, 0) is 53.2 Å². The largest absolute Gasteiger partial charge is 0.404 e. The Hall–Kier alpha value is -2.92. The molecular formula is C18H17FN4. The molecule has 4 nitrogen and oxygen atoms in total. The molecular weight excluding hydrogens is 291 g/mol. The molecule has 116 valence electrons. The Morgan fingerprint density at radius 2 is 1.83 bits per heavy atom. The van der Waals surface area contributed by atoms with E-state index in [0.717, 1.165) is 27.6 Å². The fourth-order valence-electron chi connectivity index (χ4n) is 2.58. The van der Waals surface area contributed by atoms with Crippen molar-refractivity contribution < 1.29 is 4.39 Å². The number of benzene rings is 2. The van der Waals surface area contributed by atoms with Crippen LogP contribution in [0.2, 0.25) is 0 Å². The third-order valence-electron chi connectivity index (χ3n) is 3.85. The molecule has 0 saturated heterocycles. The Morgan fingerprint density at radius 1 is 1.09 bits per heavy atom. The number of aromatic nitrogens is 1. The number of rotatable bonds is 3. The maximum Gasteiger partial charge on any atom is 0.123 e. The summed E-state index contributed by atoms with van der Waals surface area (Å²) in [7, 11) is 0. The Labute approximate surface area is 133 Å². The highest BCUT2D eigenvalue weighted by molar-refractivity contribution is 5.92. The van der Waals surface area contributed by atoms with Crippen LogP contribution < -0.4 is 17.2 Å². The van der Waals surface area contributed by atoms with Crippen LogP contribution in [-0.2, 0) is 0 Å². The maximum atomic E-state index is 13.1. The molecule has 0 fully saturated rings. The van der Waals surface area contributed by atoms with Gasteiger partial charge in [0, 0.05) is 17.3 Å². The van der Waals surface area contributed by atoms with Gasteiger partial charge in [0.05, 0.1) is 11.6 Å². The number of nitrogen functional groups attached to an aromatic ring is 1. The standard InChI is InChI=1S/C18H17FN4/c19-13-4-1-11(2-5-13)18(22)15(10-20)12-3-6-17-14(9-12)16(21)7-8-23-17/h1-10,18H,20,22H2,(H2,21,23)/b15-10-. The van der Waals surface area contributed by atoms with E-state index in [9.17, 15) is 4.39 Å². The van der Waals surface area contributed by atoms with Crippen LogP contribution in [0.5, 0.6) is 0 Å². The predicted molar refractivity (Wildman–Crippen MR) is 91.6 cm³/mol. The monoisotopic (exact) mass is 308 g/mol. The van der Waals surface area contributed by atoms with E-state index in [1.165, 1.54) is 18.3 Å². The third kappa shape index (κ3) is 2.86. The fraction of sp³-hybridized carbons (Fsp3) is 0.0556. The minimum atomic E-state index is -0.462. The van der Waals surface area contributed by atoms with Gasteiger partial charge in [-0.1, -0.05) is 18.2 Å². The van der Waals surface area contributed by atoms with E-state index in [4.69, 9.17) is 17.2 Å². The Morgan fingerprint density at radius 3 is 2.52 bits per heavy atom. The summed E-state index contributed by atoms with van der Waals surface area (Å²) >= 11 is 0. The zero-order valence-electron chi connectivity index (χ0n) is 12.4. The molecule has 0 aliphatic rings. The number of hydrogen-bond donors (Lipinski definition) is 3. The van der Waals surface area contributed by atoms with Gasteiger partial charge in [0.25, 0.3) is 0 Å². The molecule has 1 atom stereocenters. The number of fused-ring (bicyclic) bond motifs is 1. The number of anilines is 1. The van der Waals surface area contributed by atoms with Gasteiger partial charge in [0.2, 0.25) is 0 Å².